The third kappa shape index (κ3) is 6.34. The summed E-state index contributed by atoms with van der Waals surface area (Å²) in [6.07, 6.45) is 6.42. The lowest BCUT2D eigenvalue weighted by Gasteiger charge is -2.39. The van der Waals surface area contributed by atoms with Gasteiger partial charge >= 0.3 is 5.69 Å². The molecule has 4 aromatic heterocycles. The number of aryl methyl sites for hydroxylation is 1. The number of nitrogens with zero attached hydrogens (tertiary/aromatic N) is 8. The van der Waals surface area contributed by atoms with E-state index in [9.17, 15) is 19.2 Å². The summed E-state index contributed by atoms with van der Waals surface area (Å²) in [5.41, 5.74) is 5.72. The van der Waals surface area contributed by atoms with Crippen molar-refractivity contribution < 1.29 is 14.4 Å². The number of hydrogen-bond donors (Lipinski definition) is 3. The van der Waals surface area contributed by atoms with Gasteiger partial charge in [-0.15, -0.1) is 11.3 Å². The molecule has 10 rings (SSSR count). The minimum Gasteiger partial charge on any atom is -0.381 e. The maximum atomic E-state index is 13.4. The fourth-order valence-electron chi connectivity index (χ4n) is 9.26. The highest BCUT2D eigenvalue weighted by atomic mass is 32.1. The summed E-state index contributed by atoms with van der Waals surface area (Å²) in [5.74, 6) is 0.585. The van der Waals surface area contributed by atoms with E-state index >= 15 is 0 Å². The molecule has 2 aromatic carbocycles. The van der Waals surface area contributed by atoms with E-state index in [0.29, 0.717) is 23.8 Å². The number of thiophene rings is 1. The van der Waals surface area contributed by atoms with Crippen LogP contribution in [-0.2, 0) is 16.6 Å². The normalized spacial score (nSPS) is 21.0. The Balaban J connectivity index is 0.758. The number of imidazole rings is 1. The summed E-state index contributed by atoms with van der Waals surface area (Å²) < 4.78 is 4.26. The van der Waals surface area contributed by atoms with Crippen LogP contribution in [0.15, 0.2) is 59.7 Å². The summed E-state index contributed by atoms with van der Waals surface area (Å²) in [6, 6.07) is 13.4. The molecule has 15 nitrogen and oxygen atoms in total. The maximum absolute atomic E-state index is 13.4. The van der Waals surface area contributed by atoms with Crippen molar-refractivity contribution in [3.05, 3.63) is 70.2 Å². The largest absolute Gasteiger partial charge is 0.381 e. The van der Waals surface area contributed by atoms with Gasteiger partial charge in [-0.2, -0.15) is 0 Å². The van der Waals surface area contributed by atoms with Crippen molar-refractivity contribution in [3.63, 3.8) is 0 Å². The number of benzene rings is 2. The monoisotopic (exact) mass is 799 g/mol. The van der Waals surface area contributed by atoms with Gasteiger partial charge < -0.3 is 20.4 Å². The van der Waals surface area contributed by atoms with E-state index in [2.05, 4.69) is 48.8 Å². The summed E-state index contributed by atoms with van der Waals surface area (Å²) >= 11 is 1.51. The summed E-state index contributed by atoms with van der Waals surface area (Å²) in [4.78, 5) is 73.2. The molecule has 16 heteroatoms. The molecule has 58 heavy (non-hydrogen) atoms. The molecule has 3 fully saturated rings. The van der Waals surface area contributed by atoms with Crippen LogP contribution in [0.3, 0.4) is 0 Å². The Morgan fingerprint density at radius 1 is 0.879 bits per heavy atom. The van der Waals surface area contributed by atoms with Gasteiger partial charge in [-0.3, -0.25) is 33.7 Å². The molecular formula is C42H45N11O4S. The highest BCUT2D eigenvalue weighted by Gasteiger charge is 2.33. The number of piperidine rings is 2. The zero-order valence-electron chi connectivity index (χ0n) is 32.5. The molecule has 1 unspecified atom stereocenters. The van der Waals surface area contributed by atoms with E-state index in [1.807, 2.05) is 43.6 Å². The number of carbonyl (C=O) groups is 3. The predicted octanol–water partition coefficient (Wildman–Crippen LogP) is 4.12. The Hall–Kier alpha value is -5.87. The smallest absolute Gasteiger partial charge is 0.329 e. The average Bonchev–Trinajstić information content (AvgIpc) is 3.70. The highest BCUT2D eigenvalue weighted by Crippen LogP contribution is 2.41. The van der Waals surface area contributed by atoms with Crippen LogP contribution >= 0.6 is 11.3 Å². The number of hydrogen-bond acceptors (Lipinski definition) is 12. The predicted molar refractivity (Wildman–Crippen MR) is 226 cm³/mol. The number of anilines is 3. The molecule has 8 heterocycles. The van der Waals surface area contributed by atoms with Crippen molar-refractivity contribution in [2.75, 3.05) is 67.5 Å². The molecule has 3 N–H and O–H groups in total. The number of carbonyl (C=O) groups excluding carboxylic acids is 3. The number of para-hydroxylation sites is 1. The molecule has 0 saturated carbocycles. The summed E-state index contributed by atoms with van der Waals surface area (Å²) in [5, 5.41) is 11.0. The highest BCUT2D eigenvalue weighted by molar-refractivity contribution is 7.21. The number of aromatic nitrogens is 5. The Bertz CT molecular complexity index is 2670. The number of rotatable bonds is 6. The molecule has 3 amide bonds. The van der Waals surface area contributed by atoms with E-state index in [0.717, 1.165) is 119 Å². The van der Waals surface area contributed by atoms with Gasteiger partial charge in [-0.1, -0.05) is 6.07 Å². The molecule has 6 aromatic rings. The Morgan fingerprint density at radius 3 is 2.45 bits per heavy atom. The first-order chi connectivity index (χ1) is 28.2. The van der Waals surface area contributed by atoms with Crippen LogP contribution < -0.4 is 31.4 Å². The van der Waals surface area contributed by atoms with E-state index in [4.69, 9.17) is 15.0 Å². The van der Waals surface area contributed by atoms with Crippen LogP contribution in [0.2, 0.25) is 0 Å². The standard InChI is InChI=1S/C42H45N11O4S/c1-24-20-43-36-35-27-6-7-28(47-29(27)8-10-33(35)58-38(36)40(56)46-24)26-21-44-41(45-22-26)52-14-12-25(13-15-52)23-50-16-18-51(19-17-50)30-4-3-5-31-37(30)49(2)42(57)53(31)32-9-11-34(54)48-39(32)55/h3-8,10,21-22,24-25,32,43H,9,11-20,23H2,1-2H3,(H,46,56)(H,48,54,55)/t24-,32?/m1/s1. The van der Waals surface area contributed by atoms with Gasteiger partial charge in [0.05, 0.1) is 33.6 Å². The molecule has 4 aliphatic rings. The van der Waals surface area contributed by atoms with Crippen molar-refractivity contribution in [2.45, 2.75) is 44.7 Å². The third-order valence-corrected chi connectivity index (χ3v) is 13.5. The summed E-state index contributed by atoms with van der Waals surface area (Å²) in [7, 11) is 1.76. The molecule has 3 saturated heterocycles. The molecule has 2 atom stereocenters. The second kappa shape index (κ2) is 14.5. The molecule has 0 bridgehead atoms. The minimum atomic E-state index is -0.698. The topological polar surface area (TPSA) is 163 Å². The van der Waals surface area contributed by atoms with Crippen molar-refractivity contribution in [2.24, 2.45) is 13.0 Å². The summed E-state index contributed by atoms with van der Waals surface area (Å²) in [6.45, 7) is 9.08. The fourth-order valence-corrected chi connectivity index (χ4v) is 10.4. The van der Waals surface area contributed by atoms with Crippen LogP contribution in [0, 0.1) is 5.92 Å². The third-order valence-electron chi connectivity index (χ3n) is 12.4. The number of imide groups is 1. The second-order valence-corrected chi connectivity index (χ2v) is 17.1. The number of piperazine rings is 1. The van der Waals surface area contributed by atoms with E-state index in [-0.39, 0.29) is 30.0 Å². The Kier molecular flexibility index (Phi) is 9.12. The zero-order chi connectivity index (χ0) is 39.7. The van der Waals surface area contributed by atoms with Crippen molar-refractivity contribution >= 4 is 78.4 Å². The Morgan fingerprint density at radius 2 is 1.67 bits per heavy atom. The lowest BCUT2D eigenvalue weighted by Crippen LogP contribution is -2.49. The van der Waals surface area contributed by atoms with E-state index in [1.54, 1.807) is 16.2 Å². The number of pyridine rings is 1. The zero-order valence-corrected chi connectivity index (χ0v) is 33.3. The Labute approximate surface area is 338 Å². The second-order valence-electron chi connectivity index (χ2n) is 16.1. The van der Waals surface area contributed by atoms with Gasteiger partial charge in [-0.05, 0) is 68.5 Å². The quantitative estimate of drug-likeness (QED) is 0.208. The SMILES string of the molecule is C[C@@H]1CNc2c(sc3ccc4nc(-c5cnc(N6CCC(CN7CCN(c8cccc9c8n(C)c(=O)n9C8CCC(=O)NC8=O)CC7)CC6)nc5)ccc4c23)C(=O)N1. The van der Waals surface area contributed by atoms with Gasteiger partial charge in [-0.25, -0.2) is 19.7 Å². The molecule has 0 aliphatic carbocycles. The van der Waals surface area contributed by atoms with Gasteiger partial charge in [0.25, 0.3) is 5.91 Å². The average molecular weight is 800 g/mol. The van der Waals surface area contributed by atoms with Crippen molar-refractivity contribution in [1.29, 1.82) is 0 Å². The van der Waals surface area contributed by atoms with Crippen LogP contribution in [0.4, 0.5) is 17.3 Å². The molecule has 0 radical (unpaired) electrons. The molecule has 4 aliphatic heterocycles. The van der Waals surface area contributed by atoms with Crippen molar-refractivity contribution in [3.8, 4) is 11.3 Å². The minimum absolute atomic E-state index is 0.0346. The molecule has 0 spiro atoms. The number of nitrogens with one attached hydrogen (secondary N) is 3. The first-order valence-electron chi connectivity index (χ1n) is 20.2. The van der Waals surface area contributed by atoms with Gasteiger partial charge in [0.15, 0.2) is 0 Å². The van der Waals surface area contributed by atoms with Gasteiger partial charge in [0, 0.05) is 105 Å². The number of fused-ring (bicyclic) bond motifs is 6. The lowest BCUT2D eigenvalue weighted by molar-refractivity contribution is -0.135. The van der Waals surface area contributed by atoms with Crippen LogP contribution in [-0.4, -0.2) is 105 Å². The first kappa shape index (κ1) is 36.5. The molecule has 298 valence electrons. The maximum Gasteiger partial charge on any atom is 0.329 e. The number of amides is 3. The van der Waals surface area contributed by atoms with Crippen LogP contribution in [0.25, 0.3) is 43.3 Å². The lowest BCUT2D eigenvalue weighted by atomic mass is 9.96. The van der Waals surface area contributed by atoms with Gasteiger partial charge in [0.2, 0.25) is 17.8 Å². The van der Waals surface area contributed by atoms with Crippen LogP contribution in [0.1, 0.15) is 48.3 Å². The fraction of sp³-hybridized carbons (Fsp3) is 0.405. The molecular weight excluding hydrogens is 755 g/mol. The van der Waals surface area contributed by atoms with Crippen LogP contribution in [0.5, 0.6) is 0 Å². The van der Waals surface area contributed by atoms with Gasteiger partial charge in [0.1, 0.15) is 10.9 Å². The van der Waals surface area contributed by atoms with E-state index < -0.39 is 11.9 Å². The van der Waals surface area contributed by atoms with Crippen molar-refractivity contribution in [1.82, 2.24) is 39.6 Å². The van der Waals surface area contributed by atoms with E-state index in [1.165, 1.54) is 11.3 Å². The first-order valence-corrected chi connectivity index (χ1v) is 21.0.